The lowest BCUT2D eigenvalue weighted by atomic mass is 10.0. The van der Waals surface area contributed by atoms with Crippen LogP contribution in [-0.2, 0) is 4.79 Å². The van der Waals surface area contributed by atoms with Crippen molar-refractivity contribution in [2.45, 2.75) is 19.4 Å². The van der Waals surface area contributed by atoms with Gasteiger partial charge < -0.3 is 10.4 Å². The molecule has 0 fully saturated rings. The molecule has 0 aliphatic carbocycles. The second-order valence-corrected chi connectivity index (χ2v) is 5.18. The smallest absolute Gasteiger partial charge is 0.244 e. The van der Waals surface area contributed by atoms with Crippen LogP contribution in [0.2, 0.25) is 0 Å². The lowest BCUT2D eigenvalue weighted by Crippen LogP contribution is -2.27. The molecule has 1 atom stereocenters. The predicted octanol–water partition coefficient (Wildman–Crippen LogP) is 3.33. The zero-order chi connectivity index (χ0) is 15.8. The standard InChI is InChI=1S/C19H21NO2/c1-15(16-8-4-2-5-9-16)14-19(22)20-18(12-13-21)17-10-6-3-7-11-17/h2-11,14,18,21H,12-13H2,1H3,(H,20,22)/b15-14-. The average Bonchev–Trinajstić information content (AvgIpc) is 2.56. The Morgan fingerprint density at radius 1 is 1.09 bits per heavy atom. The Morgan fingerprint density at radius 2 is 1.68 bits per heavy atom. The van der Waals surface area contributed by atoms with Crippen LogP contribution in [0.25, 0.3) is 5.57 Å². The monoisotopic (exact) mass is 295 g/mol. The molecule has 0 aromatic heterocycles. The van der Waals surface area contributed by atoms with Gasteiger partial charge in [0.15, 0.2) is 0 Å². The van der Waals surface area contributed by atoms with E-state index in [2.05, 4.69) is 5.32 Å². The minimum atomic E-state index is -0.182. The second kappa shape index (κ2) is 8.15. The minimum Gasteiger partial charge on any atom is -0.396 e. The molecule has 114 valence electrons. The van der Waals surface area contributed by atoms with Crippen molar-refractivity contribution in [2.24, 2.45) is 0 Å². The highest BCUT2D eigenvalue weighted by molar-refractivity contribution is 5.95. The van der Waals surface area contributed by atoms with E-state index >= 15 is 0 Å². The van der Waals surface area contributed by atoms with Crippen LogP contribution in [0.1, 0.15) is 30.5 Å². The van der Waals surface area contributed by atoms with Gasteiger partial charge >= 0.3 is 0 Å². The van der Waals surface area contributed by atoms with E-state index < -0.39 is 0 Å². The molecule has 1 unspecified atom stereocenters. The number of carbonyl (C=O) groups is 1. The number of aliphatic hydroxyl groups is 1. The van der Waals surface area contributed by atoms with Crippen molar-refractivity contribution >= 4 is 11.5 Å². The van der Waals surface area contributed by atoms with Crippen LogP contribution < -0.4 is 5.32 Å². The van der Waals surface area contributed by atoms with Gasteiger partial charge in [-0.3, -0.25) is 4.79 Å². The van der Waals surface area contributed by atoms with Gasteiger partial charge in [0, 0.05) is 12.7 Å². The van der Waals surface area contributed by atoms with Crippen molar-refractivity contribution in [3.63, 3.8) is 0 Å². The molecule has 2 aromatic carbocycles. The van der Waals surface area contributed by atoms with Crippen molar-refractivity contribution in [3.05, 3.63) is 77.9 Å². The fourth-order valence-electron chi connectivity index (χ4n) is 2.33. The van der Waals surface area contributed by atoms with Crippen LogP contribution in [-0.4, -0.2) is 17.6 Å². The van der Waals surface area contributed by atoms with Gasteiger partial charge in [-0.15, -0.1) is 0 Å². The fourth-order valence-corrected chi connectivity index (χ4v) is 2.33. The summed E-state index contributed by atoms with van der Waals surface area (Å²) in [5.74, 6) is -0.149. The van der Waals surface area contributed by atoms with Gasteiger partial charge in [-0.1, -0.05) is 60.7 Å². The molecule has 3 nitrogen and oxygen atoms in total. The Morgan fingerprint density at radius 3 is 2.27 bits per heavy atom. The number of nitrogens with one attached hydrogen (secondary N) is 1. The van der Waals surface area contributed by atoms with Crippen LogP contribution in [0.3, 0.4) is 0 Å². The molecule has 0 spiro atoms. The van der Waals surface area contributed by atoms with Gasteiger partial charge in [-0.2, -0.15) is 0 Å². The molecule has 1 amide bonds. The van der Waals surface area contributed by atoms with Gasteiger partial charge in [-0.25, -0.2) is 0 Å². The van der Waals surface area contributed by atoms with Crippen LogP contribution in [0.5, 0.6) is 0 Å². The zero-order valence-corrected chi connectivity index (χ0v) is 12.7. The average molecular weight is 295 g/mol. The summed E-state index contributed by atoms with van der Waals surface area (Å²) in [5.41, 5.74) is 2.93. The lowest BCUT2D eigenvalue weighted by Gasteiger charge is -2.17. The number of amides is 1. The van der Waals surface area contributed by atoms with Crippen LogP contribution in [0.4, 0.5) is 0 Å². The first-order valence-corrected chi connectivity index (χ1v) is 7.40. The number of allylic oxidation sites excluding steroid dienone is 1. The maximum atomic E-state index is 12.2. The highest BCUT2D eigenvalue weighted by atomic mass is 16.3. The normalized spacial score (nSPS) is 12.7. The van der Waals surface area contributed by atoms with Gasteiger partial charge in [0.25, 0.3) is 0 Å². The third kappa shape index (κ3) is 4.57. The Balaban J connectivity index is 2.08. The van der Waals surface area contributed by atoms with E-state index in [1.165, 1.54) is 0 Å². The summed E-state index contributed by atoms with van der Waals surface area (Å²) in [6.07, 6.45) is 2.09. The zero-order valence-electron chi connectivity index (χ0n) is 12.7. The third-order valence-electron chi connectivity index (χ3n) is 3.51. The molecule has 0 aliphatic rings. The SMILES string of the molecule is C/C(=C/C(=O)NC(CCO)c1ccccc1)c1ccccc1. The molecule has 0 radical (unpaired) electrons. The van der Waals surface area contributed by atoms with Crippen LogP contribution in [0, 0.1) is 0 Å². The molecule has 2 rings (SSSR count). The van der Waals surface area contributed by atoms with E-state index in [4.69, 9.17) is 0 Å². The molecule has 2 N–H and O–H groups in total. The number of hydrogen-bond acceptors (Lipinski definition) is 2. The number of rotatable bonds is 6. The Bertz CT molecular complexity index is 620. The number of aliphatic hydroxyl groups excluding tert-OH is 1. The minimum absolute atomic E-state index is 0.0290. The summed E-state index contributed by atoms with van der Waals surface area (Å²) in [7, 11) is 0. The second-order valence-electron chi connectivity index (χ2n) is 5.18. The van der Waals surface area contributed by atoms with Crippen LogP contribution in [0.15, 0.2) is 66.7 Å². The topological polar surface area (TPSA) is 49.3 Å². The Labute approximate surface area is 131 Å². The number of hydrogen-bond donors (Lipinski definition) is 2. The molecule has 0 aliphatic heterocycles. The Kier molecular flexibility index (Phi) is 5.92. The van der Waals surface area contributed by atoms with Gasteiger partial charge in [0.2, 0.25) is 5.91 Å². The van der Waals surface area contributed by atoms with Gasteiger partial charge in [-0.05, 0) is 30.0 Å². The number of benzene rings is 2. The summed E-state index contributed by atoms with van der Waals surface area (Å²) in [6, 6.07) is 19.3. The molecule has 0 saturated heterocycles. The molecule has 0 bridgehead atoms. The summed E-state index contributed by atoms with van der Waals surface area (Å²) in [6.45, 7) is 1.94. The van der Waals surface area contributed by atoms with E-state index in [0.717, 1.165) is 16.7 Å². The van der Waals surface area contributed by atoms with E-state index in [0.29, 0.717) is 6.42 Å². The molecule has 3 heteroatoms. The van der Waals surface area contributed by atoms with E-state index in [1.54, 1.807) is 6.08 Å². The quantitative estimate of drug-likeness (QED) is 0.803. The molecule has 2 aromatic rings. The summed E-state index contributed by atoms with van der Waals surface area (Å²) >= 11 is 0. The van der Waals surface area contributed by atoms with E-state index in [9.17, 15) is 9.90 Å². The molecule has 0 heterocycles. The number of carbonyl (C=O) groups excluding carboxylic acids is 1. The first-order chi connectivity index (χ1) is 10.7. The maximum Gasteiger partial charge on any atom is 0.244 e. The molecule has 0 saturated carbocycles. The van der Waals surface area contributed by atoms with E-state index in [1.807, 2.05) is 67.6 Å². The van der Waals surface area contributed by atoms with Gasteiger partial charge in [0.05, 0.1) is 6.04 Å². The highest BCUT2D eigenvalue weighted by Gasteiger charge is 2.12. The first-order valence-electron chi connectivity index (χ1n) is 7.40. The van der Waals surface area contributed by atoms with Crippen molar-refractivity contribution < 1.29 is 9.90 Å². The summed E-state index contributed by atoms with van der Waals surface area (Å²) < 4.78 is 0. The third-order valence-corrected chi connectivity index (χ3v) is 3.51. The fraction of sp³-hybridized carbons (Fsp3) is 0.211. The molecular formula is C19H21NO2. The molecule has 22 heavy (non-hydrogen) atoms. The van der Waals surface area contributed by atoms with Crippen molar-refractivity contribution in [3.8, 4) is 0 Å². The van der Waals surface area contributed by atoms with Crippen molar-refractivity contribution in [2.75, 3.05) is 6.61 Å². The predicted molar refractivity (Wildman–Crippen MR) is 89.1 cm³/mol. The maximum absolute atomic E-state index is 12.2. The summed E-state index contributed by atoms with van der Waals surface area (Å²) in [4.78, 5) is 12.2. The van der Waals surface area contributed by atoms with E-state index in [-0.39, 0.29) is 18.6 Å². The summed E-state index contributed by atoms with van der Waals surface area (Å²) in [5, 5.41) is 12.2. The first kappa shape index (κ1) is 16.0. The lowest BCUT2D eigenvalue weighted by molar-refractivity contribution is -0.117. The largest absolute Gasteiger partial charge is 0.396 e. The Hall–Kier alpha value is -2.39. The highest BCUT2D eigenvalue weighted by Crippen LogP contribution is 2.17. The van der Waals surface area contributed by atoms with Crippen molar-refractivity contribution in [1.29, 1.82) is 0 Å². The van der Waals surface area contributed by atoms with Crippen LogP contribution >= 0.6 is 0 Å². The molecular weight excluding hydrogens is 274 g/mol. The van der Waals surface area contributed by atoms with Crippen molar-refractivity contribution in [1.82, 2.24) is 5.32 Å². The van der Waals surface area contributed by atoms with Gasteiger partial charge in [0.1, 0.15) is 0 Å².